The first kappa shape index (κ1) is 26.5. The lowest BCUT2D eigenvalue weighted by Gasteiger charge is -2.29. The summed E-state index contributed by atoms with van der Waals surface area (Å²) in [7, 11) is 1.16. The van der Waals surface area contributed by atoms with E-state index in [9.17, 15) is 24.3 Å². The highest BCUT2D eigenvalue weighted by Crippen LogP contribution is 2.22. The number of amides is 3. The average Bonchev–Trinajstić information content (AvgIpc) is 2.72. The van der Waals surface area contributed by atoms with Crippen molar-refractivity contribution in [3.05, 3.63) is 35.4 Å². The Hall–Kier alpha value is -3.58. The predicted octanol–water partition coefficient (Wildman–Crippen LogP) is 0.630. The summed E-state index contributed by atoms with van der Waals surface area (Å²) in [6.45, 7) is 5.51. The smallest absolute Gasteiger partial charge is 0.408 e. The Balaban J connectivity index is 3.22. The van der Waals surface area contributed by atoms with Crippen LogP contribution in [0.2, 0.25) is 0 Å². The van der Waals surface area contributed by atoms with Crippen molar-refractivity contribution in [2.45, 2.75) is 45.4 Å². The zero-order valence-corrected chi connectivity index (χ0v) is 18.8. The molecule has 174 valence electrons. The van der Waals surface area contributed by atoms with Crippen LogP contribution >= 0.6 is 0 Å². The standard InChI is InChI=1S/C22H29N3O7/c1-7-25(20(29)16(13-26)24-21(30)32-22(3,4)5)18(15-10-8-14(2)9-11-15)19(28)23-12-17(27)31-6/h1,8-11,16,18,26H,12-13H2,2-6H3,(H,23,28)(H,24,30). The number of carbonyl (C=O) groups is 4. The van der Waals surface area contributed by atoms with E-state index in [2.05, 4.69) is 21.4 Å². The lowest BCUT2D eigenvalue weighted by Crippen LogP contribution is -2.53. The van der Waals surface area contributed by atoms with Crippen LogP contribution in [0.5, 0.6) is 0 Å². The minimum atomic E-state index is -1.47. The van der Waals surface area contributed by atoms with Gasteiger partial charge in [-0.05, 0) is 33.3 Å². The van der Waals surface area contributed by atoms with Crippen molar-refractivity contribution < 1.29 is 33.8 Å². The third kappa shape index (κ3) is 7.92. The van der Waals surface area contributed by atoms with E-state index in [1.54, 1.807) is 45.0 Å². The van der Waals surface area contributed by atoms with Crippen LogP contribution in [0.4, 0.5) is 4.79 Å². The van der Waals surface area contributed by atoms with Gasteiger partial charge in [0.15, 0.2) is 0 Å². The largest absolute Gasteiger partial charge is 0.468 e. The minimum Gasteiger partial charge on any atom is -0.468 e. The number of esters is 1. The fourth-order valence-corrected chi connectivity index (χ4v) is 2.56. The molecule has 3 N–H and O–H groups in total. The minimum absolute atomic E-state index is 0.359. The summed E-state index contributed by atoms with van der Waals surface area (Å²) in [4.78, 5) is 50.2. The number of hydrogen-bond donors (Lipinski definition) is 3. The van der Waals surface area contributed by atoms with Crippen LogP contribution in [0.25, 0.3) is 0 Å². The number of hydrogen-bond acceptors (Lipinski definition) is 7. The van der Waals surface area contributed by atoms with Crippen molar-refractivity contribution in [1.82, 2.24) is 15.5 Å². The number of nitrogens with one attached hydrogen (secondary N) is 2. The summed E-state index contributed by atoms with van der Waals surface area (Å²) < 4.78 is 9.61. The van der Waals surface area contributed by atoms with Crippen molar-refractivity contribution in [2.75, 3.05) is 20.3 Å². The van der Waals surface area contributed by atoms with Crippen LogP contribution in [0.3, 0.4) is 0 Å². The van der Waals surface area contributed by atoms with Gasteiger partial charge in [-0.1, -0.05) is 36.3 Å². The second kappa shape index (κ2) is 11.7. The molecule has 0 aromatic heterocycles. The van der Waals surface area contributed by atoms with Crippen LogP contribution < -0.4 is 10.6 Å². The molecular weight excluding hydrogens is 418 g/mol. The van der Waals surface area contributed by atoms with Crippen molar-refractivity contribution in [3.8, 4) is 12.5 Å². The Morgan fingerprint density at radius 3 is 2.25 bits per heavy atom. The molecule has 3 amide bonds. The van der Waals surface area contributed by atoms with E-state index in [1.807, 2.05) is 6.92 Å². The highest BCUT2D eigenvalue weighted by atomic mass is 16.6. The van der Waals surface area contributed by atoms with E-state index in [0.29, 0.717) is 5.56 Å². The van der Waals surface area contributed by atoms with Gasteiger partial charge < -0.3 is 25.2 Å². The number of aliphatic hydroxyl groups excluding tert-OH is 1. The first-order chi connectivity index (χ1) is 14.9. The van der Waals surface area contributed by atoms with Gasteiger partial charge in [-0.15, -0.1) is 0 Å². The van der Waals surface area contributed by atoms with Crippen molar-refractivity contribution >= 4 is 23.9 Å². The van der Waals surface area contributed by atoms with E-state index in [1.165, 1.54) is 0 Å². The molecule has 10 heteroatoms. The first-order valence-corrected chi connectivity index (χ1v) is 9.74. The molecule has 0 heterocycles. The molecule has 10 nitrogen and oxygen atoms in total. The highest BCUT2D eigenvalue weighted by Gasteiger charge is 2.35. The molecule has 0 saturated carbocycles. The van der Waals surface area contributed by atoms with Crippen LogP contribution in [-0.2, 0) is 23.9 Å². The Bertz CT molecular complexity index is 869. The topological polar surface area (TPSA) is 134 Å². The number of rotatable bonds is 8. The number of aryl methyl sites for hydroxylation is 1. The maximum Gasteiger partial charge on any atom is 0.408 e. The second-order valence-corrected chi connectivity index (χ2v) is 7.83. The molecule has 1 rings (SSSR count). The van der Waals surface area contributed by atoms with Gasteiger partial charge in [0, 0.05) is 6.04 Å². The van der Waals surface area contributed by atoms with Gasteiger partial charge in [0.1, 0.15) is 24.2 Å². The van der Waals surface area contributed by atoms with Gasteiger partial charge in [-0.25, -0.2) is 4.79 Å². The molecule has 2 unspecified atom stereocenters. The van der Waals surface area contributed by atoms with Gasteiger partial charge in [-0.3, -0.25) is 19.3 Å². The molecule has 0 saturated heterocycles. The summed E-state index contributed by atoms with van der Waals surface area (Å²) in [6, 6.07) is 5.97. The Morgan fingerprint density at radius 2 is 1.78 bits per heavy atom. The molecule has 0 spiro atoms. The SMILES string of the molecule is C#CN(C(=O)C(CO)NC(=O)OC(C)(C)C)C(C(=O)NCC(=O)OC)c1ccc(C)cc1. The maximum atomic E-state index is 13.1. The molecule has 0 aliphatic rings. The van der Waals surface area contributed by atoms with Gasteiger partial charge >= 0.3 is 12.1 Å². The van der Waals surface area contributed by atoms with Crippen LogP contribution in [0.1, 0.15) is 37.9 Å². The van der Waals surface area contributed by atoms with E-state index in [0.717, 1.165) is 17.6 Å². The number of methoxy groups -OCH3 is 1. The van der Waals surface area contributed by atoms with E-state index in [4.69, 9.17) is 11.2 Å². The quantitative estimate of drug-likeness (QED) is 0.302. The number of terminal acetylenes is 1. The average molecular weight is 447 g/mol. The zero-order valence-electron chi connectivity index (χ0n) is 18.8. The summed E-state index contributed by atoms with van der Waals surface area (Å²) in [5.74, 6) is -2.36. The number of ether oxygens (including phenoxy) is 2. The van der Waals surface area contributed by atoms with Crippen molar-refractivity contribution in [1.29, 1.82) is 0 Å². The lowest BCUT2D eigenvalue weighted by atomic mass is 10.0. The van der Waals surface area contributed by atoms with Crippen LogP contribution in [0.15, 0.2) is 24.3 Å². The summed E-state index contributed by atoms with van der Waals surface area (Å²) >= 11 is 0. The van der Waals surface area contributed by atoms with E-state index < -0.39 is 54.7 Å². The fourth-order valence-electron chi connectivity index (χ4n) is 2.56. The lowest BCUT2D eigenvalue weighted by molar-refractivity contribution is -0.143. The number of carbonyl (C=O) groups excluding carboxylic acids is 4. The van der Waals surface area contributed by atoms with Crippen LogP contribution in [-0.4, -0.2) is 65.8 Å². The molecular formula is C22H29N3O7. The number of benzene rings is 1. The van der Waals surface area contributed by atoms with Gasteiger partial charge in [0.05, 0.1) is 13.7 Å². The maximum absolute atomic E-state index is 13.1. The Labute approximate surface area is 187 Å². The fraction of sp³-hybridized carbons (Fsp3) is 0.455. The van der Waals surface area contributed by atoms with Crippen molar-refractivity contribution in [3.63, 3.8) is 0 Å². The number of alkyl carbamates (subject to hydrolysis) is 1. The summed E-state index contributed by atoms with van der Waals surface area (Å²) in [6.07, 6.45) is 4.60. The zero-order chi connectivity index (χ0) is 24.5. The first-order valence-electron chi connectivity index (χ1n) is 9.74. The second-order valence-electron chi connectivity index (χ2n) is 7.83. The van der Waals surface area contributed by atoms with Gasteiger partial charge in [-0.2, -0.15) is 0 Å². The van der Waals surface area contributed by atoms with Gasteiger partial charge in [0.2, 0.25) is 5.91 Å². The molecule has 0 fully saturated rings. The molecule has 0 aliphatic heterocycles. The Morgan fingerprint density at radius 1 is 1.19 bits per heavy atom. The number of nitrogens with zero attached hydrogens (tertiary/aromatic N) is 1. The molecule has 2 atom stereocenters. The Kier molecular flexibility index (Phi) is 9.69. The van der Waals surface area contributed by atoms with Crippen LogP contribution in [0, 0.1) is 19.4 Å². The summed E-state index contributed by atoms with van der Waals surface area (Å²) in [5.41, 5.74) is 0.427. The molecule has 1 aromatic rings. The third-order valence-corrected chi connectivity index (χ3v) is 4.08. The number of aliphatic hydroxyl groups is 1. The predicted molar refractivity (Wildman–Crippen MR) is 115 cm³/mol. The molecule has 1 aromatic carbocycles. The summed E-state index contributed by atoms with van der Waals surface area (Å²) in [5, 5.41) is 14.3. The third-order valence-electron chi connectivity index (χ3n) is 4.08. The monoisotopic (exact) mass is 447 g/mol. The van der Waals surface area contributed by atoms with Crippen molar-refractivity contribution in [2.24, 2.45) is 0 Å². The molecule has 0 aliphatic carbocycles. The van der Waals surface area contributed by atoms with E-state index in [-0.39, 0.29) is 0 Å². The highest BCUT2D eigenvalue weighted by molar-refractivity contribution is 5.94. The molecule has 0 radical (unpaired) electrons. The molecule has 0 bridgehead atoms. The molecule has 32 heavy (non-hydrogen) atoms. The van der Waals surface area contributed by atoms with Gasteiger partial charge in [0.25, 0.3) is 5.91 Å². The normalized spacial score (nSPS) is 12.5. The van der Waals surface area contributed by atoms with E-state index >= 15 is 0 Å².